The van der Waals surface area contributed by atoms with E-state index in [0.717, 1.165) is 11.3 Å². The molecule has 1 atom stereocenters. The molecule has 6 nitrogen and oxygen atoms in total. The molecule has 0 saturated heterocycles. The van der Waals surface area contributed by atoms with E-state index in [2.05, 4.69) is 21.3 Å². The summed E-state index contributed by atoms with van der Waals surface area (Å²) in [6.45, 7) is 4.29. The van der Waals surface area contributed by atoms with Crippen LogP contribution in [0.5, 0.6) is 0 Å². The number of amides is 3. The van der Waals surface area contributed by atoms with E-state index in [1.54, 1.807) is 0 Å². The fourth-order valence-electron chi connectivity index (χ4n) is 1.64. The van der Waals surface area contributed by atoms with Gasteiger partial charge in [0.25, 0.3) is 0 Å². The average Bonchev–Trinajstić information content (AvgIpc) is 2.43. The maximum atomic E-state index is 11.7. The highest BCUT2D eigenvalue weighted by Gasteiger charge is 2.05. The lowest BCUT2D eigenvalue weighted by atomic mass is 10.1. The van der Waals surface area contributed by atoms with Gasteiger partial charge in [-0.05, 0) is 31.7 Å². The van der Waals surface area contributed by atoms with Crippen LogP contribution in [0.2, 0.25) is 0 Å². The van der Waals surface area contributed by atoms with Crippen LogP contribution in [0, 0.1) is 0 Å². The summed E-state index contributed by atoms with van der Waals surface area (Å²) < 4.78 is 0. The molecule has 0 heterocycles. The van der Waals surface area contributed by atoms with E-state index in [4.69, 9.17) is 0 Å². The number of hydrogen-bond donors (Lipinski definition) is 4. The summed E-state index contributed by atoms with van der Waals surface area (Å²) in [6.07, 6.45) is 0. The van der Waals surface area contributed by atoms with Crippen LogP contribution in [0.15, 0.2) is 24.3 Å². The number of rotatable bonds is 6. The molecule has 3 amide bonds. The van der Waals surface area contributed by atoms with Crippen molar-refractivity contribution >= 4 is 17.6 Å². The smallest absolute Gasteiger partial charge is 0.319 e. The Morgan fingerprint density at radius 2 is 1.90 bits per heavy atom. The van der Waals surface area contributed by atoms with Crippen LogP contribution in [-0.4, -0.2) is 32.1 Å². The maximum Gasteiger partial charge on any atom is 0.319 e. The van der Waals surface area contributed by atoms with Crippen molar-refractivity contribution in [2.45, 2.75) is 19.9 Å². The molecule has 0 aliphatic heterocycles. The molecule has 6 heteroatoms. The second kappa shape index (κ2) is 8.16. The minimum absolute atomic E-state index is 0.110. The number of nitrogens with one attached hydrogen (secondary N) is 4. The lowest BCUT2D eigenvalue weighted by molar-refractivity contribution is -0.118. The van der Waals surface area contributed by atoms with Crippen molar-refractivity contribution in [3.05, 3.63) is 29.8 Å². The summed E-state index contributed by atoms with van der Waals surface area (Å²) in [6, 6.07) is 7.59. The molecule has 1 aromatic carbocycles. The van der Waals surface area contributed by atoms with E-state index < -0.39 is 0 Å². The van der Waals surface area contributed by atoms with Crippen molar-refractivity contribution < 1.29 is 9.59 Å². The highest BCUT2D eigenvalue weighted by atomic mass is 16.2. The summed E-state index contributed by atoms with van der Waals surface area (Å²) in [5, 5.41) is 11.2. The zero-order chi connectivity index (χ0) is 15.0. The Bertz CT molecular complexity index is 462. The number of anilines is 1. The van der Waals surface area contributed by atoms with Gasteiger partial charge in [-0.15, -0.1) is 0 Å². The largest absolute Gasteiger partial charge is 0.355 e. The first kappa shape index (κ1) is 16.0. The van der Waals surface area contributed by atoms with E-state index in [-0.39, 0.29) is 18.0 Å². The Morgan fingerprint density at radius 1 is 1.20 bits per heavy atom. The molecule has 110 valence electrons. The highest BCUT2D eigenvalue weighted by molar-refractivity contribution is 5.89. The number of carbonyl (C=O) groups is 2. The summed E-state index contributed by atoms with van der Waals surface area (Å²) in [5.41, 5.74) is 1.84. The van der Waals surface area contributed by atoms with E-state index in [1.807, 2.05) is 38.2 Å². The van der Waals surface area contributed by atoms with Crippen molar-refractivity contribution in [1.29, 1.82) is 0 Å². The lowest BCUT2D eigenvalue weighted by Gasteiger charge is -2.13. The van der Waals surface area contributed by atoms with Crippen LogP contribution in [0.4, 0.5) is 10.5 Å². The minimum atomic E-state index is -0.287. The molecular weight excluding hydrogens is 256 g/mol. The molecule has 4 N–H and O–H groups in total. The van der Waals surface area contributed by atoms with Gasteiger partial charge in [-0.3, -0.25) is 4.79 Å². The van der Waals surface area contributed by atoms with E-state index in [1.165, 1.54) is 6.92 Å². The van der Waals surface area contributed by atoms with Crippen molar-refractivity contribution in [1.82, 2.24) is 16.0 Å². The molecule has 0 aliphatic rings. The van der Waals surface area contributed by atoms with Crippen LogP contribution in [0.1, 0.15) is 25.5 Å². The van der Waals surface area contributed by atoms with Gasteiger partial charge >= 0.3 is 6.03 Å². The third-order valence-electron chi connectivity index (χ3n) is 2.86. The molecule has 1 rings (SSSR count). The zero-order valence-electron chi connectivity index (χ0n) is 12.1. The summed E-state index contributed by atoms with van der Waals surface area (Å²) >= 11 is 0. The average molecular weight is 278 g/mol. The molecule has 0 bridgehead atoms. The topological polar surface area (TPSA) is 82.3 Å². The zero-order valence-corrected chi connectivity index (χ0v) is 12.1. The van der Waals surface area contributed by atoms with Crippen molar-refractivity contribution in [3.8, 4) is 0 Å². The molecule has 0 fully saturated rings. The van der Waals surface area contributed by atoms with Crippen LogP contribution >= 0.6 is 0 Å². The van der Waals surface area contributed by atoms with E-state index in [9.17, 15) is 9.59 Å². The van der Waals surface area contributed by atoms with Gasteiger partial charge < -0.3 is 21.3 Å². The summed E-state index contributed by atoms with van der Waals surface area (Å²) in [5.74, 6) is -0.110. The Labute approximate surface area is 119 Å². The minimum Gasteiger partial charge on any atom is -0.355 e. The van der Waals surface area contributed by atoms with E-state index in [0.29, 0.717) is 13.1 Å². The van der Waals surface area contributed by atoms with Gasteiger partial charge in [0.05, 0.1) is 0 Å². The Hall–Kier alpha value is -2.08. The first-order chi connectivity index (χ1) is 9.52. The van der Waals surface area contributed by atoms with E-state index >= 15 is 0 Å². The molecule has 0 saturated carbocycles. The fraction of sp³-hybridized carbons (Fsp3) is 0.429. The third kappa shape index (κ3) is 5.71. The number of urea groups is 1. The summed E-state index contributed by atoms with van der Waals surface area (Å²) in [4.78, 5) is 22.3. The van der Waals surface area contributed by atoms with Crippen LogP contribution < -0.4 is 21.3 Å². The van der Waals surface area contributed by atoms with Gasteiger partial charge in [0, 0.05) is 31.7 Å². The monoisotopic (exact) mass is 278 g/mol. The predicted octanol–water partition coefficient (Wildman–Crippen LogP) is 1.22. The van der Waals surface area contributed by atoms with Crippen LogP contribution in [-0.2, 0) is 4.79 Å². The van der Waals surface area contributed by atoms with Crippen molar-refractivity contribution in [2.24, 2.45) is 0 Å². The standard InChI is InChI=1S/C14H22N4O2/c1-10(15-3)12-5-4-6-13(9-12)18-14(20)17-8-7-16-11(2)19/h4-6,9-10,15H,7-8H2,1-3H3,(H,16,19)(H2,17,18,20). The molecular formula is C14H22N4O2. The van der Waals surface area contributed by atoms with Gasteiger partial charge in [-0.25, -0.2) is 4.79 Å². The first-order valence-corrected chi connectivity index (χ1v) is 6.59. The molecule has 1 aromatic rings. The van der Waals surface area contributed by atoms with Gasteiger partial charge in [0.15, 0.2) is 0 Å². The van der Waals surface area contributed by atoms with Gasteiger partial charge in [-0.1, -0.05) is 12.1 Å². The molecule has 0 spiro atoms. The van der Waals surface area contributed by atoms with Gasteiger partial charge in [-0.2, -0.15) is 0 Å². The maximum absolute atomic E-state index is 11.7. The normalized spacial score (nSPS) is 11.6. The first-order valence-electron chi connectivity index (χ1n) is 6.59. The second-order valence-electron chi connectivity index (χ2n) is 4.50. The van der Waals surface area contributed by atoms with Crippen LogP contribution in [0.25, 0.3) is 0 Å². The number of carbonyl (C=O) groups excluding carboxylic acids is 2. The predicted molar refractivity (Wildman–Crippen MR) is 79.6 cm³/mol. The highest BCUT2D eigenvalue weighted by Crippen LogP contribution is 2.16. The Kier molecular flexibility index (Phi) is 6.52. The van der Waals surface area contributed by atoms with Crippen LogP contribution in [0.3, 0.4) is 0 Å². The van der Waals surface area contributed by atoms with Gasteiger partial charge in [0.2, 0.25) is 5.91 Å². The second-order valence-corrected chi connectivity index (χ2v) is 4.50. The Morgan fingerprint density at radius 3 is 2.55 bits per heavy atom. The summed E-state index contributed by atoms with van der Waals surface area (Å²) in [7, 11) is 1.89. The molecule has 0 radical (unpaired) electrons. The number of benzene rings is 1. The van der Waals surface area contributed by atoms with Crippen molar-refractivity contribution in [3.63, 3.8) is 0 Å². The van der Waals surface area contributed by atoms with Gasteiger partial charge in [0.1, 0.15) is 0 Å². The molecule has 20 heavy (non-hydrogen) atoms. The lowest BCUT2D eigenvalue weighted by Crippen LogP contribution is -2.36. The molecule has 1 unspecified atom stereocenters. The molecule has 0 aromatic heterocycles. The SMILES string of the molecule is CNC(C)c1cccc(NC(=O)NCCNC(C)=O)c1. The van der Waals surface area contributed by atoms with Crippen molar-refractivity contribution in [2.75, 3.05) is 25.5 Å². The third-order valence-corrected chi connectivity index (χ3v) is 2.86. The quantitative estimate of drug-likeness (QED) is 0.591. The number of hydrogen-bond acceptors (Lipinski definition) is 3. The molecule has 0 aliphatic carbocycles. The fourth-order valence-corrected chi connectivity index (χ4v) is 1.64. The Balaban J connectivity index is 2.43.